The van der Waals surface area contributed by atoms with Crippen molar-refractivity contribution < 1.29 is 71.6 Å². The average molecular weight is 818 g/mol. The van der Waals surface area contributed by atoms with Gasteiger partial charge in [0, 0.05) is 51.3 Å². The molecule has 2 heterocycles. The normalized spacial score (nSPS) is 18.7. The van der Waals surface area contributed by atoms with Gasteiger partial charge in [0.15, 0.2) is 18.3 Å². The largest absolute Gasteiger partial charge is 0.514 e. The molecule has 1 aromatic heterocycles. The van der Waals surface area contributed by atoms with Crippen molar-refractivity contribution >= 4 is 68.9 Å². The highest BCUT2D eigenvalue weighted by Gasteiger charge is 2.56. The minimum absolute atomic E-state index is 0.00755. The quantitative estimate of drug-likeness (QED) is 0.0396. The number of hydrogen-bond acceptors (Lipinski definition) is 19. The third-order valence-corrected chi connectivity index (χ3v) is 9.46. The first kappa shape index (κ1) is 42.8. The van der Waals surface area contributed by atoms with Crippen molar-refractivity contribution in [1.82, 2.24) is 4.98 Å². The van der Waals surface area contributed by atoms with Crippen LogP contribution in [0.15, 0.2) is 71.9 Å². The molecule has 0 saturated carbocycles. The zero-order valence-electron chi connectivity index (χ0n) is 30.1. The maximum Gasteiger partial charge on any atom is 0.514 e. The highest BCUT2D eigenvalue weighted by Crippen LogP contribution is 2.35. The van der Waals surface area contributed by atoms with Crippen LogP contribution in [0.25, 0.3) is 0 Å². The molecule has 298 valence electrons. The molecule has 1 fully saturated rings. The number of carbonyl (C=O) groups is 6. The molecule has 19 nitrogen and oxygen atoms in total. The molecular weight excluding hydrogens is 783 g/mol. The van der Waals surface area contributed by atoms with E-state index in [9.17, 15) is 38.9 Å². The summed E-state index contributed by atoms with van der Waals surface area (Å²) in [6.45, 7) is 2.74. The predicted molar refractivity (Wildman–Crippen MR) is 194 cm³/mol. The highest BCUT2D eigenvalue weighted by atomic mass is 33.1. The van der Waals surface area contributed by atoms with E-state index >= 15 is 0 Å². The Hall–Kier alpha value is -5.93. The monoisotopic (exact) mass is 817 g/mol. The average Bonchev–Trinajstić information content (AvgIpc) is 3.15. The van der Waals surface area contributed by atoms with Gasteiger partial charge in [-0.1, -0.05) is 22.9 Å². The van der Waals surface area contributed by atoms with E-state index in [0.717, 1.165) is 45.0 Å². The van der Waals surface area contributed by atoms with Gasteiger partial charge >= 0.3 is 30.0 Å². The lowest BCUT2D eigenvalue weighted by Crippen LogP contribution is -2.64. The van der Waals surface area contributed by atoms with Crippen LogP contribution in [0.1, 0.15) is 32.8 Å². The van der Waals surface area contributed by atoms with Gasteiger partial charge in [-0.15, -0.1) is 0 Å². The Labute approximate surface area is 326 Å². The summed E-state index contributed by atoms with van der Waals surface area (Å²) >= 11 is 0. The number of amides is 1. The van der Waals surface area contributed by atoms with Crippen LogP contribution in [0.5, 0.6) is 11.5 Å². The number of esters is 4. The number of ether oxygens (including phenoxy) is 8. The van der Waals surface area contributed by atoms with Crippen molar-refractivity contribution in [2.24, 2.45) is 0 Å². The maximum atomic E-state index is 13.2. The van der Waals surface area contributed by atoms with E-state index in [-0.39, 0.29) is 35.9 Å². The predicted octanol–water partition coefficient (Wildman–Crippen LogP) is 4.55. The fourth-order valence-electron chi connectivity index (χ4n) is 4.92. The summed E-state index contributed by atoms with van der Waals surface area (Å²) in [7, 11) is 3.79. The number of nitrogens with one attached hydrogen (secondary N) is 1. The number of anilines is 1. The van der Waals surface area contributed by atoms with Crippen LogP contribution in [0.3, 0.4) is 0 Å². The van der Waals surface area contributed by atoms with Crippen LogP contribution in [0.2, 0.25) is 0 Å². The molecule has 0 bridgehead atoms. The molecule has 0 aliphatic carbocycles. The van der Waals surface area contributed by atoms with Gasteiger partial charge in [0.05, 0.1) is 17.7 Å². The molecule has 5 atom stereocenters. The zero-order valence-corrected chi connectivity index (χ0v) is 31.7. The number of carbonyl (C=O) groups excluding carboxylic acids is 6. The third-order valence-electron chi connectivity index (χ3n) is 7.20. The van der Waals surface area contributed by atoms with Gasteiger partial charge in [0.1, 0.15) is 23.1 Å². The second-order valence-corrected chi connectivity index (χ2v) is 13.8. The molecule has 2 aromatic carbocycles. The summed E-state index contributed by atoms with van der Waals surface area (Å²) in [5, 5.41) is 14.4. The molecule has 1 N–H and O–H groups in total. The Balaban J connectivity index is 1.60. The fourth-order valence-corrected chi connectivity index (χ4v) is 6.79. The van der Waals surface area contributed by atoms with Crippen LogP contribution in [-0.4, -0.2) is 89.4 Å². The van der Waals surface area contributed by atoms with E-state index in [4.69, 9.17) is 37.9 Å². The van der Waals surface area contributed by atoms with Crippen LogP contribution in [0.4, 0.5) is 16.2 Å². The van der Waals surface area contributed by atoms with E-state index in [1.54, 1.807) is 12.3 Å². The lowest BCUT2D eigenvalue weighted by Gasteiger charge is -2.43. The van der Waals surface area contributed by atoms with E-state index in [0.29, 0.717) is 11.3 Å². The highest BCUT2D eigenvalue weighted by molar-refractivity contribution is 8.76. The topological polar surface area (TPSA) is 244 Å². The number of aromatic nitrogens is 1. The second-order valence-electron chi connectivity index (χ2n) is 11.4. The molecule has 1 amide bonds. The molecule has 4 rings (SSSR count). The van der Waals surface area contributed by atoms with Crippen molar-refractivity contribution in [2.45, 2.75) is 69.5 Å². The van der Waals surface area contributed by atoms with Crippen molar-refractivity contribution in [3.8, 4) is 11.5 Å². The van der Waals surface area contributed by atoms with Crippen molar-refractivity contribution in [3.05, 3.63) is 82.5 Å². The molecule has 1 aliphatic heterocycles. The van der Waals surface area contributed by atoms with Crippen LogP contribution in [-0.2, 0) is 59.0 Å². The van der Waals surface area contributed by atoms with Gasteiger partial charge in [0.2, 0.25) is 18.3 Å². The summed E-state index contributed by atoms with van der Waals surface area (Å²) in [6.07, 6.45) is -7.87. The van der Waals surface area contributed by atoms with Gasteiger partial charge in [-0.2, -0.15) is 0 Å². The van der Waals surface area contributed by atoms with E-state index in [1.807, 2.05) is 12.1 Å². The van der Waals surface area contributed by atoms with E-state index in [2.05, 4.69) is 10.3 Å². The van der Waals surface area contributed by atoms with E-state index < -0.39 is 71.6 Å². The minimum atomic E-state index is -1.74. The molecule has 0 unspecified atom stereocenters. The molecule has 0 spiro atoms. The van der Waals surface area contributed by atoms with Crippen molar-refractivity contribution in [2.75, 3.05) is 18.2 Å². The molecule has 1 saturated heterocycles. The molecule has 3 aromatic rings. The number of nitrogens with zero attached hydrogens (tertiary/aromatic N) is 2. The number of nitro benzene ring substituents is 1. The molecule has 0 radical (unpaired) electrons. The summed E-state index contributed by atoms with van der Waals surface area (Å²) in [6, 6.07) is 14.3. The summed E-state index contributed by atoms with van der Waals surface area (Å²) in [5.41, 5.74) is 0.112. The van der Waals surface area contributed by atoms with Gasteiger partial charge < -0.3 is 43.2 Å². The first-order valence-corrected chi connectivity index (χ1v) is 18.7. The van der Waals surface area contributed by atoms with Gasteiger partial charge in [-0.3, -0.25) is 29.3 Å². The zero-order chi connectivity index (χ0) is 40.8. The number of nitro groups is 1. The van der Waals surface area contributed by atoms with Gasteiger partial charge in [-0.05, 0) is 52.8 Å². The minimum Gasteiger partial charge on any atom is -0.467 e. The Kier molecular flexibility index (Phi) is 15.8. The number of hydrogen-bond donors (Lipinski definition) is 1. The first-order valence-electron chi connectivity index (χ1n) is 16.4. The standard InChI is InChI=1S/C35H35N3O16S2/c1-19(39)49-29-30(50-20(2)40)32(51-21(3)41)34(54-31(29)33(43)47-4)53-26-13-8-22(18-48-35(44)52-24-11-9-23(10-12-24)38(45)46)17-25(26)37-27(42)14-16-55-56-28-7-5-6-15-36-28/h5-13,15,17,29-32,34H,14,16,18H2,1-4H3,(H,37,42)/t29-,30-,31-,32+,34+/m0/s1. The third kappa shape index (κ3) is 12.8. The SMILES string of the molecule is COC(=O)[C@H]1O[C@@H](Oc2ccc(COC(=O)Oc3ccc([N+](=O)[O-])cc3)cc2NC(=O)CCSSc2ccccn2)[C@H](OC(C)=O)[C@@H](OC(C)=O)[C@@H]1OC(C)=O. The summed E-state index contributed by atoms with van der Waals surface area (Å²) < 4.78 is 43.2. The fraction of sp³-hybridized carbons (Fsp3) is 0.343. The summed E-state index contributed by atoms with van der Waals surface area (Å²) in [4.78, 5) is 89.6. The lowest BCUT2D eigenvalue weighted by atomic mass is 9.97. The number of rotatable bonds is 16. The Morgan fingerprint density at radius 3 is 2.20 bits per heavy atom. The second kappa shape index (κ2) is 20.7. The van der Waals surface area contributed by atoms with Crippen LogP contribution in [0, 0.1) is 10.1 Å². The molecule has 21 heteroatoms. The molecule has 1 aliphatic rings. The number of pyridine rings is 1. The maximum absolute atomic E-state index is 13.2. The van der Waals surface area contributed by atoms with E-state index in [1.165, 1.54) is 51.9 Å². The Morgan fingerprint density at radius 2 is 1.57 bits per heavy atom. The first-order chi connectivity index (χ1) is 26.7. The number of non-ortho nitro benzene ring substituents is 1. The number of benzene rings is 2. The Bertz CT molecular complexity index is 1900. The van der Waals surface area contributed by atoms with Gasteiger partial charge in [0.25, 0.3) is 5.69 Å². The molecule has 56 heavy (non-hydrogen) atoms. The smallest absolute Gasteiger partial charge is 0.467 e. The van der Waals surface area contributed by atoms with Gasteiger partial charge in [-0.25, -0.2) is 14.6 Å². The molecular formula is C35H35N3O16S2. The number of methoxy groups -OCH3 is 1. The van der Waals surface area contributed by atoms with Crippen molar-refractivity contribution in [3.63, 3.8) is 0 Å². The summed E-state index contributed by atoms with van der Waals surface area (Å²) in [5.74, 6) is -3.94. The van der Waals surface area contributed by atoms with Crippen molar-refractivity contribution in [1.29, 1.82) is 0 Å². The van der Waals surface area contributed by atoms with Crippen LogP contribution < -0.4 is 14.8 Å². The Morgan fingerprint density at radius 1 is 0.893 bits per heavy atom. The lowest BCUT2D eigenvalue weighted by molar-refractivity contribution is -0.384. The van der Waals surface area contributed by atoms with Crippen LogP contribution >= 0.6 is 21.6 Å².